The maximum Gasteiger partial charge on any atom is 0.258 e. The molecule has 0 aliphatic rings. The monoisotopic (exact) mass is 347 g/mol. The Balaban J connectivity index is 1.74. The van der Waals surface area contributed by atoms with Crippen LogP contribution in [0.25, 0.3) is 16.6 Å². The van der Waals surface area contributed by atoms with Crippen LogP contribution < -0.4 is 5.32 Å². The van der Waals surface area contributed by atoms with Gasteiger partial charge in [0.2, 0.25) is 0 Å². The zero-order valence-electron chi connectivity index (χ0n) is 13.8. The summed E-state index contributed by atoms with van der Waals surface area (Å²) < 4.78 is 14.8. The predicted molar refractivity (Wildman–Crippen MR) is 95.8 cm³/mol. The SMILES string of the molecule is Cc1ncccc1NC(=O)c1cncc2c1cnn2-c1ccc(F)cc1. The summed E-state index contributed by atoms with van der Waals surface area (Å²) in [5, 5.41) is 7.83. The van der Waals surface area contributed by atoms with Gasteiger partial charge < -0.3 is 5.32 Å². The third-order valence-electron chi connectivity index (χ3n) is 4.07. The summed E-state index contributed by atoms with van der Waals surface area (Å²) >= 11 is 0. The number of aromatic nitrogens is 4. The summed E-state index contributed by atoms with van der Waals surface area (Å²) in [7, 11) is 0. The lowest BCUT2D eigenvalue weighted by Crippen LogP contribution is -2.13. The van der Waals surface area contributed by atoms with E-state index in [-0.39, 0.29) is 11.7 Å². The summed E-state index contributed by atoms with van der Waals surface area (Å²) in [6, 6.07) is 9.50. The number of rotatable bonds is 3. The van der Waals surface area contributed by atoms with Gasteiger partial charge in [-0.25, -0.2) is 9.07 Å². The number of pyridine rings is 2. The van der Waals surface area contributed by atoms with Gasteiger partial charge in [0.05, 0.1) is 40.5 Å². The Hall–Kier alpha value is -3.61. The normalized spacial score (nSPS) is 10.8. The van der Waals surface area contributed by atoms with Crippen LogP contribution >= 0.6 is 0 Å². The van der Waals surface area contributed by atoms with Crippen LogP contribution in [0.5, 0.6) is 0 Å². The zero-order valence-corrected chi connectivity index (χ0v) is 13.8. The molecule has 0 radical (unpaired) electrons. The van der Waals surface area contributed by atoms with Crippen molar-refractivity contribution in [3.63, 3.8) is 0 Å². The fourth-order valence-corrected chi connectivity index (χ4v) is 2.72. The minimum atomic E-state index is -0.324. The summed E-state index contributed by atoms with van der Waals surface area (Å²) in [5.41, 5.74) is 3.11. The number of anilines is 1. The molecule has 0 atom stereocenters. The fraction of sp³-hybridized carbons (Fsp3) is 0.0526. The van der Waals surface area contributed by atoms with Gasteiger partial charge in [-0.1, -0.05) is 0 Å². The number of halogens is 1. The van der Waals surface area contributed by atoms with E-state index in [1.165, 1.54) is 18.3 Å². The Morgan fingerprint density at radius 2 is 1.92 bits per heavy atom. The topological polar surface area (TPSA) is 72.7 Å². The lowest BCUT2D eigenvalue weighted by Gasteiger charge is -2.08. The van der Waals surface area contributed by atoms with Crippen molar-refractivity contribution >= 4 is 22.5 Å². The number of carbonyl (C=O) groups excluding carboxylic acids is 1. The van der Waals surface area contributed by atoms with E-state index in [2.05, 4.69) is 20.4 Å². The molecule has 4 rings (SSSR count). The van der Waals surface area contributed by atoms with Gasteiger partial charge in [-0.15, -0.1) is 0 Å². The van der Waals surface area contributed by atoms with Crippen molar-refractivity contribution in [1.29, 1.82) is 0 Å². The number of fused-ring (bicyclic) bond motifs is 1. The van der Waals surface area contributed by atoms with Crippen LogP contribution in [0, 0.1) is 12.7 Å². The van der Waals surface area contributed by atoms with Gasteiger partial charge in [0, 0.05) is 17.8 Å². The first kappa shape index (κ1) is 15.9. The Morgan fingerprint density at radius 3 is 2.69 bits per heavy atom. The Kier molecular flexibility index (Phi) is 3.89. The van der Waals surface area contributed by atoms with Gasteiger partial charge in [-0.3, -0.25) is 14.8 Å². The minimum Gasteiger partial charge on any atom is -0.320 e. The molecule has 0 fully saturated rings. The van der Waals surface area contributed by atoms with Crippen LogP contribution in [0.15, 0.2) is 61.2 Å². The van der Waals surface area contributed by atoms with Gasteiger partial charge in [-0.05, 0) is 43.3 Å². The highest BCUT2D eigenvalue weighted by Crippen LogP contribution is 2.22. The van der Waals surface area contributed by atoms with Crippen LogP contribution in [-0.4, -0.2) is 25.7 Å². The maximum atomic E-state index is 13.2. The highest BCUT2D eigenvalue weighted by atomic mass is 19.1. The van der Waals surface area contributed by atoms with Crippen molar-refractivity contribution in [2.24, 2.45) is 0 Å². The van der Waals surface area contributed by atoms with Crippen molar-refractivity contribution < 1.29 is 9.18 Å². The molecule has 4 aromatic rings. The van der Waals surface area contributed by atoms with E-state index >= 15 is 0 Å². The first-order valence-corrected chi connectivity index (χ1v) is 7.94. The Bertz CT molecular complexity index is 1100. The molecule has 0 saturated heterocycles. The third-order valence-corrected chi connectivity index (χ3v) is 4.07. The third kappa shape index (κ3) is 2.79. The molecular weight excluding hydrogens is 333 g/mol. The highest BCUT2D eigenvalue weighted by molar-refractivity contribution is 6.12. The first-order valence-electron chi connectivity index (χ1n) is 7.94. The summed E-state index contributed by atoms with van der Waals surface area (Å²) in [6.45, 7) is 1.82. The smallest absolute Gasteiger partial charge is 0.258 e. The molecule has 1 N–H and O–H groups in total. The number of nitrogens with one attached hydrogen (secondary N) is 1. The second-order valence-electron chi connectivity index (χ2n) is 5.74. The molecule has 26 heavy (non-hydrogen) atoms. The zero-order chi connectivity index (χ0) is 18.1. The Labute approximate surface area is 148 Å². The largest absolute Gasteiger partial charge is 0.320 e. The van der Waals surface area contributed by atoms with Crippen molar-refractivity contribution in [2.45, 2.75) is 6.92 Å². The molecule has 3 heterocycles. The average molecular weight is 347 g/mol. The molecular formula is C19H14FN5O. The van der Waals surface area contributed by atoms with Gasteiger partial charge in [0.15, 0.2) is 0 Å². The molecule has 1 amide bonds. The standard InChI is InChI=1S/C19H14FN5O/c1-12-17(3-2-8-22-12)24-19(26)16-9-21-11-18-15(16)10-23-25(18)14-6-4-13(20)5-7-14/h2-11H,1H3,(H,24,26). The van der Waals surface area contributed by atoms with E-state index in [4.69, 9.17) is 0 Å². The number of aryl methyl sites for hydroxylation is 1. The lowest BCUT2D eigenvalue weighted by molar-refractivity contribution is 0.102. The second-order valence-corrected chi connectivity index (χ2v) is 5.74. The molecule has 1 aromatic carbocycles. The molecule has 6 nitrogen and oxygen atoms in total. The second kappa shape index (κ2) is 6.36. The van der Waals surface area contributed by atoms with Gasteiger partial charge >= 0.3 is 0 Å². The molecule has 0 spiro atoms. The first-order chi connectivity index (χ1) is 12.6. The number of carbonyl (C=O) groups is 1. The van der Waals surface area contributed by atoms with Crippen LogP contribution in [0.2, 0.25) is 0 Å². The van der Waals surface area contributed by atoms with Crippen LogP contribution in [0.4, 0.5) is 10.1 Å². The molecule has 0 aliphatic carbocycles. The molecule has 128 valence electrons. The van der Waals surface area contributed by atoms with E-state index in [0.717, 1.165) is 5.69 Å². The lowest BCUT2D eigenvalue weighted by atomic mass is 10.1. The number of amides is 1. The predicted octanol–water partition coefficient (Wildman–Crippen LogP) is 3.52. The molecule has 0 aliphatic heterocycles. The highest BCUT2D eigenvalue weighted by Gasteiger charge is 2.15. The van der Waals surface area contributed by atoms with Crippen molar-refractivity contribution in [3.8, 4) is 5.69 Å². The van der Waals surface area contributed by atoms with Crippen LogP contribution in [0.1, 0.15) is 16.1 Å². The van der Waals surface area contributed by atoms with Crippen molar-refractivity contribution in [1.82, 2.24) is 19.7 Å². The number of hydrogen-bond acceptors (Lipinski definition) is 4. The molecule has 3 aromatic heterocycles. The molecule has 0 unspecified atom stereocenters. The van der Waals surface area contributed by atoms with Gasteiger partial charge in [0.25, 0.3) is 5.91 Å². The van der Waals surface area contributed by atoms with E-state index in [0.29, 0.717) is 27.8 Å². The number of nitrogens with zero attached hydrogens (tertiary/aromatic N) is 4. The van der Waals surface area contributed by atoms with E-state index in [1.807, 2.05) is 6.92 Å². The van der Waals surface area contributed by atoms with E-state index in [1.54, 1.807) is 47.5 Å². The van der Waals surface area contributed by atoms with Gasteiger partial charge in [-0.2, -0.15) is 5.10 Å². The van der Waals surface area contributed by atoms with Crippen LogP contribution in [-0.2, 0) is 0 Å². The average Bonchev–Trinajstić information content (AvgIpc) is 3.08. The summed E-state index contributed by atoms with van der Waals surface area (Å²) in [5.74, 6) is -0.617. The maximum absolute atomic E-state index is 13.2. The van der Waals surface area contributed by atoms with E-state index < -0.39 is 0 Å². The number of hydrogen-bond donors (Lipinski definition) is 1. The molecule has 7 heteroatoms. The van der Waals surface area contributed by atoms with E-state index in [9.17, 15) is 9.18 Å². The molecule has 0 saturated carbocycles. The fourth-order valence-electron chi connectivity index (χ4n) is 2.72. The summed E-state index contributed by atoms with van der Waals surface area (Å²) in [4.78, 5) is 21.0. The minimum absolute atomic E-state index is 0.294. The van der Waals surface area contributed by atoms with Crippen LogP contribution in [0.3, 0.4) is 0 Å². The Morgan fingerprint density at radius 1 is 1.12 bits per heavy atom. The van der Waals surface area contributed by atoms with Crippen molar-refractivity contribution in [2.75, 3.05) is 5.32 Å². The molecule has 0 bridgehead atoms. The summed E-state index contributed by atoms with van der Waals surface area (Å²) in [6.07, 6.45) is 6.39. The quantitative estimate of drug-likeness (QED) is 0.615. The van der Waals surface area contributed by atoms with Crippen molar-refractivity contribution in [3.05, 3.63) is 78.3 Å². The number of benzene rings is 1. The van der Waals surface area contributed by atoms with Gasteiger partial charge in [0.1, 0.15) is 5.82 Å².